The molecule has 0 N–H and O–H groups in total. The second-order valence-corrected chi connectivity index (χ2v) is 5.74. The van der Waals surface area contributed by atoms with Crippen LogP contribution in [0, 0.1) is 3.57 Å². The zero-order valence-corrected chi connectivity index (χ0v) is 13.2. The first-order chi connectivity index (χ1) is 9.15. The Morgan fingerprint density at radius 3 is 2.74 bits per heavy atom. The van der Waals surface area contributed by atoms with Gasteiger partial charge in [-0.2, -0.15) is 0 Å². The van der Waals surface area contributed by atoms with Crippen molar-refractivity contribution in [1.82, 2.24) is 9.97 Å². The molecule has 0 unspecified atom stereocenters. The number of halogens is 3. The Kier molecular flexibility index (Phi) is 3.68. The molecule has 1 aliphatic heterocycles. The lowest BCUT2D eigenvalue weighted by molar-refractivity contribution is 0.172. The summed E-state index contributed by atoms with van der Waals surface area (Å²) >= 11 is 14.2. The molecule has 7 heteroatoms. The topological polar surface area (TPSA) is 44.2 Å². The van der Waals surface area contributed by atoms with E-state index in [4.69, 9.17) is 32.7 Å². The first-order valence-corrected chi connectivity index (χ1v) is 7.26. The molecule has 98 valence electrons. The minimum Gasteiger partial charge on any atom is -0.486 e. The van der Waals surface area contributed by atoms with Crippen LogP contribution < -0.4 is 9.47 Å². The van der Waals surface area contributed by atoms with E-state index in [2.05, 4.69) is 32.6 Å². The van der Waals surface area contributed by atoms with Crippen molar-refractivity contribution in [3.05, 3.63) is 32.1 Å². The van der Waals surface area contributed by atoms with Crippen LogP contribution in [0.1, 0.15) is 0 Å². The molecule has 0 amide bonds. The number of rotatable bonds is 1. The SMILES string of the molecule is Clc1cc(-c2ncc(I)c(Cl)n2)cc2c1OCCO2. The molecule has 2 heterocycles. The maximum Gasteiger partial charge on any atom is 0.179 e. The van der Waals surface area contributed by atoms with Crippen molar-refractivity contribution in [2.45, 2.75) is 0 Å². The molecule has 4 nitrogen and oxygen atoms in total. The predicted octanol–water partition coefficient (Wildman–Crippen LogP) is 3.83. The second-order valence-electron chi connectivity index (χ2n) is 3.81. The minimum absolute atomic E-state index is 0.414. The van der Waals surface area contributed by atoms with Gasteiger partial charge in [-0.15, -0.1) is 0 Å². The minimum atomic E-state index is 0.414. The summed E-state index contributed by atoms with van der Waals surface area (Å²) in [6.45, 7) is 0.999. The van der Waals surface area contributed by atoms with Crippen LogP contribution in [0.2, 0.25) is 10.2 Å². The summed E-state index contributed by atoms with van der Waals surface area (Å²) in [5.41, 5.74) is 0.743. The van der Waals surface area contributed by atoms with E-state index in [1.54, 1.807) is 18.3 Å². The molecule has 1 aromatic carbocycles. The molecule has 19 heavy (non-hydrogen) atoms. The number of hydrogen-bond acceptors (Lipinski definition) is 4. The lowest BCUT2D eigenvalue weighted by Gasteiger charge is -2.20. The monoisotopic (exact) mass is 408 g/mol. The number of nitrogens with zero attached hydrogens (tertiary/aromatic N) is 2. The molecule has 3 rings (SSSR count). The van der Waals surface area contributed by atoms with Crippen LogP contribution in [0.5, 0.6) is 11.5 Å². The fourth-order valence-corrected chi connectivity index (χ4v) is 2.38. The van der Waals surface area contributed by atoms with E-state index in [0.29, 0.717) is 40.7 Å². The molecule has 0 bridgehead atoms. The summed E-state index contributed by atoms with van der Waals surface area (Å²) in [7, 11) is 0. The van der Waals surface area contributed by atoms with Gasteiger partial charge in [-0.3, -0.25) is 0 Å². The Labute approximate surface area is 133 Å². The molecule has 2 aromatic rings. The highest BCUT2D eigenvalue weighted by atomic mass is 127. The number of aromatic nitrogens is 2. The van der Waals surface area contributed by atoms with Gasteiger partial charge < -0.3 is 9.47 Å². The number of ether oxygens (including phenoxy) is 2. The van der Waals surface area contributed by atoms with Crippen molar-refractivity contribution in [1.29, 1.82) is 0 Å². The lowest BCUT2D eigenvalue weighted by atomic mass is 10.2. The van der Waals surface area contributed by atoms with E-state index in [9.17, 15) is 0 Å². The zero-order valence-electron chi connectivity index (χ0n) is 9.49. The quantitative estimate of drug-likeness (QED) is 0.531. The van der Waals surface area contributed by atoms with Crippen LogP contribution in [0.3, 0.4) is 0 Å². The molecule has 0 atom stereocenters. The van der Waals surface area contributed by atoms with Crippen LogP contribution in [-0.4, -0.2) is 23.2 Å². The average molecular weight is 409 g/mol. The fourth-order valence-electron chi connectivity index (χ4n) is 1.73. The standard InChI is InChI=1S/C12H7Cl2IN2O2/c13-7-3-6(4-9-10(7)19-2-1-18-9)12-16-5-8(15)11(14)17-12/h3-5H,1-2H2. The van der Waals surface area contributed by atoms with E-state index < -0.39 is 0 Å². The van der Waals surface area contributed by atoms with Gasteiger partial charge in [-0.05, 0) is 34.7 Å². The third-order valence-corrected chi connectivity index (χ3v) is 4.23. The van der Waals surface area contributed by atoms with Gasteiger partial charge in [-0.25, -0.2) is 9.97 Å². The van der Waals surface area contributed by atoms with E-state index in [-0.39, 0.29) is 0 Å². The summed E-state index contributed by atoms with van der Waals surface area (Å²) in [6, 6.07) is 3.55. The maximum atomic E-state index is 6.17. The Morgan fingerprint density at radius 2 is 1.95 bits per heavy atom. The van der Waals surface area contributed by atoms with Crippen LogP contribution in [-0.2, 0) is 0 Å². The van der Waals surface area contributed by atoms with Crippen molar-refractivity contribution in [2.24, 2.45) is 0 Å². The predicted molar refractivity (Wildman–Crippen MR) is 81.2 cm³/mol. The first kappa shape index (κ1) is 13.2. The van der Waals surface area contributed by atoms with Gasteiger partial charge in [0, 0.05) is 11.8 Å². The lowest BCUT2D eigenvalue weighted by Crippen LogP contribution is -2.15. The average Bonchev–Trinajstić information content (AvgIpc) is 2.42. The highest BCUT2D eigenvalue weighted by Crippen LogP contribution is 2.40. The summed E-state index contributed by atoms with van der Waals surface area (Å²) < 4.78 is 11.8. The van der Waals surface area contributed by atoms with Crippen molar-refractivity contribution in [2.75, 3.05) is 13.2 Å². The van der Waals surface area contributed by atoms with Crippen molar-refractivity contribution < 1.29 is 9.47 Å². The third kappa shape index (κ3) is 2.59. The molecule has 0 radical (unpaired) electrons. The molecule has 1 aliphatic rings. The first-order valence-electron chi connectivity index (χ1n) is 5.42. The van der Waals surface area contributed by atoms with Crippen LogP contribution in [0.15, 0.2) is 18.3 Å². The van der Waals surface area contributed by atoms with Crippen LogP contribution in [0.4, 0.5) is 0 Å². The normalized spacial score (nSPS) is 13.4. The Balaban J connectivity index is 2.10. The summed E-state index contributed by atoms with van der Waals surface area (Å²) in [5, 5.41) is 0.891. The van der Waals surface area contributed by atoms with Crippen molar-refractivity contribution in [3.63, 3.8) is 0 Å². The van der Waals surface area contributed by atoms with Crippen LogP contribution in [0.25, 0.3) is 11.4 Å². The van der Waals surface area contributed by atoms with Gasteiger partial charge in [0.25, 0.3) is 0 Å². The molecular weight excluding hydrogens is 402 g/mol. The summed E-state index contributed by atoms with van der Waals surface area (Å²) in [6.07, 6.45) is 1.66. The van der Waals surface area contributed by atoms with Gasteiger partial charge in [0.1, 0.15) is 18.4 Å². The maximum absolute atomic E-state index is 6.17. The van der Waals surface area contributed by atoms with E-state index in [1.807, 2.05) is 0 Å². The van der Waals surface area contributed by atoms with Gasteiger partial charge in [-0.1, -0.05) is 23.2 Å². The molecule has 0 saturated heterocycles. The van der Waals surface area contributed by atoms with Gasteiger partial charge >= 0.3 is 0 Å². The van der Waals surface area contributed by atoms with E-state index in [1.165, 1.54) is 0 Å². The molecular formula is C12H7Cl2IN2O2. The largest absolute Gasteiger partial charge is 0.486 e. The Morgan fingerprint density at radius 1 is 1.16 bits per heavy atom. The molecule has 0 aliphatic carbocycles. The zero-order chi connectivity index (χ0) is 13.4. The van der Waals surface area contributed by atoms with E-state index >= 15 is 0 Å². The smallest absolute Gasteiger partial charge is 0.179 e. The van der Waals surface area contributed by atoms with Gasteiger partial charge in [0.05, 0.1) is 8.59 Å². The summed E-state index contributed by atoms with van der Waals surface area (Å²) in [5.74, 6) is 1.67. The number of benzene rings is 1. The molecule has 0 fully saturated rings. The number of hydrogen-bond donors (Lipinski definition) is 0. The highest BCUT2D eigenvalue weighted by molar-refractivity contribution is 14.1. The van der Waals surface area contributed by atoms with E-state index in [0.717, 1.165) is 9.13 Å². The Bertz CT molecular complexity index is 652. The van der Waals surface area contributed by atoms with Crippen molar-refractivity contribution >= 4 is 45.8 Å². The summed E-state index contributed by atoms with van der Waals surface area (Å²) in [4.78, 5) is 8.47. The molecule has 0 spiro atoms. The number of fused-ring (bicyclic) bond motifs is 1. The van der Waals surface area contributed by atoms with Crippen molar-refractivity contribution in [3.8, 4) is 22.9 Å². The van der Waals surface area contributed by atoms with Gasteiger partial charge in [0.15, 0.2) is 17.3 Å². The van der Waals surface area contributed by atoms with Crippen LogP contribution >= 0.6 is 45.8 Å². The molecule has 1 aromatic heterocycles. The molecule has 0 saturated carbocycles. The Hall–Kier alpha value is -0.790. The third-order valence-electron chi connectivity index (χ3n) is 2.56. The fraction of sp³-hybridized carbons (Fsp3) is 0.167. The second kappa shape index (κ2) is 5.30. The van der Waals surface area contributed by atoms with Gasteiger partial charge in [0.2, 0.25) is 0 Å². The highest BCUT2D eigenvalue weighted by Gasteiger charge is 2.18.